The Kier molecular flexibility index (Phi) is 9.80. The van der Waals surface area contributed by atoms with Gasteiger partial charge in [0.15, 0.2) is 0 Å². The highest BCUT2D eigenvalue weighted by Crippen LogP contribution is 2.56. The highest BCUT2D eigenvalue weighted by Gasteiger charge is 2.58. The Labute approximate surface area is 260 Å². The molecule has 1 saturated heterocycles. The molecule has 226 valence electrons. The summed E-state index contributed by atoms with van der Waals surface area (Å²) in [6, 6.07) is 16.6. The number of likely N-dealkylation sites (tertiary alicyclic amines) is 1. The smallest absolute Gasteiger partial charge is 0.337 e. The van der Waals surface area contributed by atoms with Crippen LogP contribution in [0.1, 0.15) is 60.3 Å². The molecule has 1 aliphatic rings. The lowest BCUT2D eigenvalue weighted by molar-refractivity contribution is -0.122. The zero-order chi connectivity index (χ0) is 31.5. The minimum atomic E-state index is -1.57. The van der Waals surface area contributed by atoms with Crippen molar-refractivity contribution >= 4 is 35.1 Å². The maximum atomic E-state index is 15.8. The quantitative estimate of drug-likeness (QED) is 0.266. The fourth-order valence-corrected chi connectivity index (χ4v) is 6.40. The van der Waals surface area contributed by atoms with Crippen LogP contribution in [0.25, 0.3) is 0 Å². The monoisotopic (exact) mass is 627 g/mol. The Morgan fingerprint density at radius 3 is 2.42 bits per heavy atom. The van der Waals surface area contributed by atoms with Gasteiger partial charge < -0.3 is 10.1 Å². The SMILES string of the molecule is COC(=O)c1ccc(CNC(=O)CN2C[C@@H](CC(C)(C)C)[C@](C#N)(c3ccc(Cl)cc3F)[C@H]2c2cccc(Cl)c2F)cc1. The Balaban J connectivity index is 1.74. The van der Waals surface area contributed by atoms with E-state index in [1.165, 1.54) is 31.4 Å². The number of carbonyl (C=O) groups is 2. The van der Waals surface area contributed by atoms with E-state index in [4.69, 9.17) is 27.9 Å². The number of methoxy groups -OCH3 is 1. The highest BCUT2D eigenvalue weighted by molar-refractivity contribution is 6.31. The molecule has 3 aromatic carbocycles. The Bertz CT molecular complexity index is 1550. The minimum Gasteiger partial charge on any atom is -0.465 e. The van der Waals surface area contributed by atoms with Crippen molar-refractivity contribution in [3.05, 3.63) is 105 Å². The number of nitrogens with one attached hydrogen (secondary N) is 1. The number of esters is 1. The zero-order valence-electron chi connectivity index (χ0n) is 24.4. The van der Waals surface area contributed by atoms with Crippen molar-refractivity contribution in [1.82, 2.24) is 10.2 Å². The van der Waals surface area contributed by atoms with E-state index in [0.717, 1.165) is 11.6 Å². The van der Waals surface area contributed by atoms with Gasteiger partial charge in [-0.15, -0.1) is 0 Å². The first-order valence-electron chi connectivity index (χ1n) is 13.8. The van der Waals surface area contributed by atoms with Crippen LogP contribution in [-0.2, 0) is 21.5 Å². The molecule has 4 rings (SSSR count). The fraction of sp³-hybridized carbons (Fsp3) is 0.364. The largest absolute Gasteiger partial charge is 0.465 e. The second kappa shape index (κ2) is 13.0. The summed E-state index contributed by atoms with van der Waals surface area (Å²) < 4.78 is 36.2. The van der Waals surface area contributed by atoms with E-state index in [1.54, 1.807) is 35.2 Å². The predicted molar refractivity (Wildman–Crippen MR) is 162 cm³/mol. The van der Waals surface area contributed by atoms with Crippen LogP contribution in [0.3, 0.4) is 0 Å². The van der Waals surface area contributed by atoms with Crippen LogP contribution in [0, 0.1) is 34.3 Å². The summed E-state index contributed by atoms with van der Waals surface area (Å²) in [4.78, 5) is 26.8. The second-order valence-electron chi connectivity index (χ2n) is 12.0. The van der Waals surface area contributed by atoms with E-state index >= 15 is 8.78 Å². The molecule has 0 unspecified atom stereocenters. The molecular weight excluding hydrogens is 595 g/mol. The van der Waals surface area contributed by atoms with Gasteiger partial charge in [0, 0.05) is 29.2 Å². The number of nitrogens with zero attached hydrogens (tertiary/aromatic N) is 2. The van der Waals surface area contributed by atoms with Gasteiger partial charge >= 0.3 is 5.97 Å². The summed E-state index contributed by atoms with van der Waals surface area (Å²) in [5.74, 6) is -2.72. The first-order valence-corrected chi connectivity index (χ1v) is 14.5. The van der Waals surface area contributed by atoms with Crippen LogP contribution in [-0.4, -0.2) is 37.0 Å². The van der Waals surface area contributed by atoms with E-state index in [1.807, 2.05) is 20.8 Å². The normalized spacial score (nSPS) is 20.4. The van der Waals surface area contributed by atoms with E-state index in [9.17, 15) is 14.9 Å². The molecule has 0 bridgehead atoms. The number of benzene rings is 3. The lowest BCUT2D eigenvalue weighted by atomic mass is 9.63. The van der Waals surface area contributed by atoms with Crippen LogP contribution in [0.2, 0.25) is 10.0 Å². The Morgan fingerprint density at radius 2 is 1.81 bits per heavy atom. The fourth-order valence-electron chi connectivity index (χ4n) is 6.06. The maximum Gasteiger partial charge on any atom is 0.337 e. The zero-order valence-corrected chi connectivity index (χ0v) is 25.9. The van der Waals surface area contributed by atoms with E-state index < -0.39 is 35.0 Å². The van der Waals surface area contributed by atoms with Crippen molar-refractivity contribution in [3.63, 3.8) is 0 Å². The van der Waals surface area contributed by atoms with Gasteiger partial charge in [-0.05, 0) is 53.6 Å². The molecule has 1 fully saturated rings. The third kappa shape index (κ3) is 6.85. The van der Waals surface area contributed by atoms with Gasteiger partial charge in [0.1, 0.15) is 17.0 Å². The number of carbonyl (C=O) groups excluding carboxylic acids is 2. The number of halogens is 4. The topological polar surface area (TPSA) is 82.4 Å². The molecular formula is C33H33Cl2F2N3O3. The highest BCUT2D eigenvalue weighted by atomic mass is 35.5. The number of hydrogen-bond acceptors (Lipinski definition) is 5. The summed E-state index contributed by atoms with van der Waals surface area (Å²) in [5, 5.41) is 13.8. The van der Waals surface area contributed by atoms with Crippen LogP contribution in [0.4, 0.5) is 8.78 Å². The first-order chi connectivity index (χ1) is 20.3. The summed E-state index contributed by atoms with van der Waals surface area (Å²) in [6.45, 7) is 6.27. The second-order valence-corrected chi connectivity index (χ2v) is 12.9. The number of ether oxygens (including phenoxy) is 1. The molecule has 10 heteroatoms. The molecule has 1 aliphatic heterocycles. The lowest BCUT2D eigenvalue weighted by Crippen LogP contribution is -2.42. The van der Waals surface area contributed by atoms with Crippen molar-refractivity contribution in [2.24, 2.45) is 11.3 Å². The van der Waals surface area contributed by atoms with Crippen LogP contribution in [0.5, 0.6) is 0 Å². The number of amides is 1. The maximum absolute atomic E-state index is 15.8. The van der Waals surface area contributed by atoms with Crippen molar-refractivity contribution in [3.8, 4) is 6.07 Å². The van der Waals surface area contributed by atoms with Gasteiger partial charge in [-0.1, -0.05) is 74.3 Å². The Morgan fingerprint density at radius 1 is 1.12 bits per heavy atom. The molecule has 0 radical (unpaired) electrons. The summed E-state index contributed by atoms with van der Waals surface area (Å²) in [5.41, 5.74) is -0.523. The molecule has 6 nitrogen and oxygen atoms in total. The summed E-state index contributed by atoms with van der Waals surface area (Å²) in [7, 11) is 1.30. The molecule has 3 aromatic rings. The average Bonchev–Trinajstić information content (AvgIpc) is 3.24. The van der Waals surface area contributed by atoms with E-state index in [2.05, 4.69) is 11.4 Å². The molecule has 43 heavy (non-hydrogen) atoms. The summed E-state index contributed by atoms with van der Waals surface area (Å²) >= 11 is 12.3. The molecule has 0 aliphatic carbocycles. The lowest BCUT2D eigenvalue weighted by Gasteiger charge is -2.38. The molecule has 0 spiro atoms. The van der Waals surface area contributed by atoms with Gasteiger partial charge in [0.25, 0.3) is 0 Å². The summed E-state index contributed by atoms with van der Waals surface area (Å²) in [6.07, 6.45) is 0.492. The molecule has 0 aromatic heterocycles. The van der Waals surface area contributed by atoms with Gasteiger partial charge in [-0.2, -0.15) is 5.26 Å². The van der Waals surface area contributed by atoms with Gasteiger partial charge in [-0.25, -0.2) is 13.6 Å². The average molecular weight is 629 g/mol. The van der Waals surface area contributed by atoms with Gasteiger partial charge in [-0.3, -0.25) is 9.69 Å². The van der Waals surface area contributed by atoms with Crippen molar-refractivity contribution in [2.75, 3.05) is 20.2 Å². The first kappa shape index (κ1) is 32.4. The minimum absolute atomic E-state index is 0.0895. The predicted octanol–water partition coefficient (Wildman–Crippen LogP) is 7.25. The van der Waals surface area contributed by atoms with Crippen LogP contribution >= 0.6 is 23.2 Å². The van der Waals surface area contributed by atoms with Crippen molar-refractivity contribution < 1.29 is 23.1 Å². The number of nitriles is 1. The van der Waals surface area contributed by atoms with Crippen molar-refractivity contribution in [1.29, 1.82) is 5.26 Å². The standard InChI is InChI=1S/C33H33Cl2F2N3O3/c1-32(2,3)15-22-17-40(18-28(41)39-16-20-8-10-21(11-9-20)31(42)43-4)30(24-6-5-7-26(35)29(24)37)33(22,19-38)25-13-12-23(34)14-27(25)36/h5-14,22,30H,15-18H2,1-4H3,(H,39,41)/t22-,30-,33-/m1/s1. The van der Waals surface area contributed by atoms with Gasteiger partial charge in [0.2, 0.25) is 5.91 Å². The molecule has 1 N–H and O–H groups in total. The molecule has 0 saturated carbocycles. The third-order valence-corrected chi connectivity index (χ3v) is 8.33. The molecule has 3 atom stereocenters. The third-order valence-electron chi connectivity index (χ3n) is 7.80. The number of hydrogen-bond donors (Lipinski definition) is 1. The van der Waals surface area contributed by atoms with Gasteiger partial charge in [0.05, 0.1) is 36.4 Å². The molecule has 1 amide bonds. The van der Waals surface area contributed by atoms with Crippen molar-refractivity contribution in [2.45, 2.75) is 45.2 Å². The van der Waals surface area contributed by atoms with E-state index in [0.29, 0.717) is 12.0 Å². The molecule has 1 heterocycles. The van der Waals surface area contributed by atoms with Crippen LogP contribution in [0.15, 0.2) is 60.7 Å². The van der Waals surface area contributed by atoms with E-state index in [-0.39, 0.29) is 52.1 Å². The van der Waals surface area contributed by atoms with Crippen LogP contribution < -0.4 is 5.32 Å². The Hall–Kier alpha value is -3.51. The number of rotatable bonds is 8.